The van der Waals surface area contributed by atoms with Crippen LogP contribution in [0.4, 0.5) is 0 Å². The molecule has 0 saturated heterocycles. The minimum atomic E-state index is 0.430. The maximum absolute atomic E-state index is 5.67. The Morgan fingerprint density at radius 1 is 1.14 bits per heavy atom. The summed E-state index contributed by atoms with van der Waals surface area (Å²) in [5.41, 5.74) is 2.99. The van der Waals surface area contributed by atoms with E-state index in [1.807, 2.05) is 0 Å². The summed E-state index contributed by atoms with van der Waals surface area (Å²) in [5, 5.41) is 3.63. The second kappa shape index (κ2) is 8.89. The van der Waals surface area contributed by atoms with Gasteiger partial charge in [0.05, 0.1) is 6.61 Å². The van der Waals surface area contributed by atoms with Gasteiger partial charge >= 0.3 is 0 Å². The van der Waals surface area contributed by atoms with E-state index in [4.69, 9.17) is 4.74 Å². The Bertz CT molecular complexity index is 435. The molecule has 1 aromatic carbocycles. The minimum absolute atomic E-state index is 0.430. The van der Waals surface area contributed by atoms with Gasteiger partial charge in [-0.2, -0.15) is 0 Å². The van der Waals surface area contributed by atoms with Gasteiger partial charge in [-0.1, -0.05) is 37.6 Å². The van der Waals surface area contributed by atoms with Gasteiger partial charge in [0.2, 0.25) is 0 Å². The molecule has 2 heteroatoms. The second-order valence-electron chi connectivity index (χ2n) is 5.84. The summed E-state index contributed by atoms with van der Waals surface area (Å²) in [4.78, 5) is 0. The molecule has 1 aliphatic carbocycles. The van der Waals surface area contributed by atoms with Crippen molar-refractivity contribution in [3.05, 3.63) is 41.5 Å². The highest BCUT2D eigenvalue weighted by Gasteiger charge is 2.14. The summed E-state index contributed by atoms with van der Waals surface area (Å²) in [5.74, 6) is 0.979. The Hall–Kier alpha value is -1.28. The molecule has 2 rings (SSSR count). The third-order valence-electron chi connectivity index (χ3n) is 4.06. The quantitative estimate of drug-likeness (QED) is 0.678. The van der Waals surface area contributed by atoms with Crippen LogP contribution in [0.2, 0.25) is 0 Å². The van der Waals surface area contributed by atoms with E-state index in [0.29, 0.717) is 6.04 Å². The van der Waals surface area contributed by atoms with Crippen molar-refractivity contribution in [3.63, 3.8) is 0 Å². The molecule has 0 aromatic heterocycles. The first-order valence-corrected chi connectivity index (χ1v) is 8.47. The van der Waals surface area contributed by atoms with Gasteiger partial charge in [0.25, 0.3) is 0 Å². The molecular weight excluding hydrogens is 258 g/mol. The predicted molar refractivity (Wildman–Crippen MR) is 89.8 cm³/mol. The van der Waals surface area contributed by atoms with E-state index in [1.165, 1.54) is 31.2 Å². The zero-order chi connectivity index (χ0) is 14.9. The lowest BCUT2D eigenvalue weighted by atomic mass is 9.91. The highest BCUT2D eigenvalue weighted by atomic mass is 16.5. The molecule has 0 fully saturated rings. The Labute approximate surface area is 129 Å². The maximum atomic E-state index is 5.67. The second-order valence-corrected chi connectivity index (χ2v) is 5.84. The first-order valence-electron chi connectivity index (χ1n) is 8.47. The van der Waals surface area contributed by atoms with Crippen molar-refractivity contribution in [1.29, 1.82) is 0 Å². The average Bonchev–Trinajstić information content (AvgIpc) is 2.54. The molecule has 1 aliphatic rings. The van der Waals surface area contributed by atoms with E-state index in [2.05, 4.69) is 49.5 Å². The molecule has 1 aromatic rings. The summed E-state index contributed by atoms with van der Waals surface area (Å²) in [6, 6.07) is 9.05. The van der Waals surface area contributed by atoms with Gasteiger partial charge in [-0.15, -0.1) is 0 Å². The van der Waals surface area contributed by atoms with E-state index in [0.717, 1.165) is 31.7 Å². The third kappa shape index (κ3) is 5.20. The predicted octanol–water partition coefficient (Wildman–Crippen LogP) is 5.02. The molecule has 0 spiro atoms. The third-order valence-corrected chi connectivity index (χ3v) is 4.06. The van der Waals surface area contributed by atoms with Crippen LogP contribution in [0, 0.1) is 0 Å². The van der Waals surface area contributed by atoms with Gasteiger partial charge in [0.1, 0.15) is 5.75 Å². The van der Waals surface area contributed by atoms with Gasteiger partial charge in [0.15, 0.2) is 0 Å². The molecule has 1 atom stereocenters. The smallest absolute Gasteiger partial charge is 0.119 e. The number of hydrogen-bond donors (Lipinski definition) is 1. The van der Waals surface area contributed by atoms with Crippen LogP contribution < -0.4 is 10.1 Å². The SMILES string of the molecule is CCCOc1ccc(C(CC2=CCCCC2)NCC)cc1. The molecule has 0 radical (unpaired) electrons. The van der Waals surface area contributed by atoms with Crippen molar-refractivity contribution in [2.45, 2.75) is 58.4 Å². The molecule has 116 valence electrons. The van der Waals surface area contributed by atoms with Crippen molar-refractivity contribution >= 4 is 0 Å². The van der Waals surface area contributed by atoms with Gasteiger partial charge in [-0.3, -0.25) is 0 Å². The maximum Gasteiger partial charge on any atom is 0.119 e. The number of nitrogens with one attached hydrogen (secondary N) is 1. The first-order chi connectivity index (χ1) is 10.3. The standard InChI is InChI=1S/C19H29NO/c1-3-14-21-18-12-10-17(11-13-18)19(20-4-2)15-16-8-6-5-7-9-16/h8,10-13,19-20H,3-7,9,14-15H2,1-2H3. The number of hydrogen-bond acceptors (Lipinski definition) is 2. The fourth-order valence-corrected chi connectivity index (χ4v) is 2.92. The molecule has 1 N–H and O–H groups in total. The van der Waals surface area contributed by atoms with E-state index in [9.17, 15) is 0 Å². The Kier molecular flexibility index (Phi) is 6.81. The van der Waals surface area contributed by atoms with E-state index in [1.54, 1.807) is 5.57 Å². The lowest BCUT2D eigenvalue weighted by Crippen LogP contribution is -2.21. The lowest BCUT2D eigenvalue weighted by Gasteiger charge is -2.22. The summed E-state index contributed by atoms with van der Waals surface area (Å²) in [6.45, 7) is 6.11. The van der Waals surface area contributed by atoms with Crippen LogP contribution in [0.3, 0.4) is 0 Å². The summed E-state index contributed by atoms with van der Waals surface area (Å²) < 4.78 is 5.67. The number of rotatable bonds is 8. The zero-order valence-corrected chi connectivity index (χ0v) is 13.5. The number of benzene rings is 1. The summed E-state index contributed by atoms with van der Waals surface area (Å²) >= 11 is 0. The van der Waals surface area contributed by atoms with E-state index >= 15 is 0 Å². The van der Waals surface area contributed by atoms with Crippen LogP contribution in [0.5, 0.6) is 5.75 Å². The van der Waals surface area contributed by atoms with Crippen LogP contribution >= 0.6 is 0 Å². The van der Waals surface area contributed by atoms with Crippen molar-refractivity contribution in [2.24, 2.45) is 0 Å². The van der Waals surface area contributed by atoms with Crippen molar-refractivity contribution in [1.82, 2.24) is 5.32 Å². The van der Waals surface area contributed by atoms with Crippen LogP contribution in [0.25, 0.3) is 0 Å². The van der Waals surface area contributed by atoms with Crippen LogP contribution in [-0.2, 0) is 0 Å². The largest absolute Gasteiger partial charge is 0.494 e. The van der Waals surface area contributed by atoms with Crippen molar-refractivity contribution in [3.8, 4) is 5.75 Å². The van der Waals surface area contributed by atoms with E-state index in [-0.39, 0.29) is 0 Å². The highest BCUT2D eigenvalue weighted by molar-refractivity contribution is 5.30. The Morgan fingerprint density at radius 2 is 1.95 bits per heavy atom. The van der Waals surface area contributed by atoms with Crippen molar-refractivity contribution in [2.75, 3.05) is 13.2 Å². The average molecular weight is 287 g/mol. The van der Waals surface area contributed by atoms with Crippen LogP contribution in [0.1, 0.15) is 64.0 Å². The number of allylic oxidation sites excluding steroid dienone is 1. The van der Waals surface area contributed by atoms with Crippen LogP contribution in [-0.4, -0.2) is 13.2 Å². The summed E-state index contributed by atoms with van der Waals surface area (Å²) in [7, 11) is 0. The van der Waals surface area contributed by atoms with Crippen LogP contribution in [0.15, 0.2) is 35.9 Å². The molecule has 0 aliphatic heterocycles. The molecule has 0 heterocycles. The van der Waals surface area contributed by atoms with Crippen molar-refractivity contribution < 1.29 is 4.74 Å². The molecule has 1 unspecified atom stereocenters. The zero-order valence-electron chi connectivity index (χ0n) is 13.5. The van der Waals surface area contributed by atoms with Gasteiger partial charge < -0.3 is 10.1 Å². The molecule has 0 amide bonds. The molecular formula is C19H29NO. The minimum Gasteiger partial charge on any atom is -0.494 e. The van der Waals surface area contributed by atoms with E-state index < -0.39 is 0 Å². The molecule has 0 saturated carbocycles. The fourth-order valence-electron chi connectivity index (χ4n) is 2.92. The Balaban J connectivity index is 2.01. The first kappa shape index (κ1) is 16.1. The highest BCUT2D eigenvalue weighted by Crippen LogP contribution is 2.28. The normalized spacial score (nSPS) is 16.4. The molecule has 21 heavy (non-hydrogen) atoms. The topological polar surface area (TPSA) is 21.3 Å². The fraction of sp³-hybridized carbons (Fsp3) is 0.579. The van der Waals surface area contributed by atoms with Gasteiger partial charge in [-0.25, -0.2) is 0 Å². The number of ether oxygens (including phenoxy) is 1. The lowest BCUT2D eigenvalue weighted by molar-refractivity contribution is 0.317. The van der Waals surface area contributed by atoms with Gasteiger partial charge in [0, 0.05) is 6.04 Å². The summed E-state index contributed by atoms with van der Waals surface area (Å²) in [6.07, 6.45) is 9.90. The molecule has 2 nitrogen and oxygen atoms in total. The Morgan fingerprint density at radius 3 is 2.57 bits per heavy atom. The molecule has 0 bridgehead atoms. The monoisotopic (exact) mass is 287 g/mol. The van der Waals surface area contributed by atoms with Gasteiger partial charge in [-0.05, 0) is 62.8 Å².